The zero-order valence-corrected chi connectivity index (χ0v) is 15.8. The van der Waals surface area contributed by atoms with E-state index < -0.39 is 0 Å². The van der Waals surface area contributed by atoms with Crippen molar-refractivity contribution in [2.75, 3.05) is 13.1 Å². The Bertz CT molecular complexity index is 866. The van der Waals surface area contributed by atoms with Gasteiger partial charge in [-0.05, 0) is 38.4 Å². The van der Waals surface area contributed by atoms with Gasteiger partial charge in [0.05, 0.1) is 0 Å². The maximum atomic E-state index is 5.64. The number of likely N-dealkylation sites (tertiary alicyclic amines) is 1. The molecule has 1 unspecified atom stereocenters. The Hall–Kier alpha value is -2.14. The molecule has 0 amide bonds. The van der Waals surface area contributed by atoms with Crippen molar-refractivity contribution in [3.63, 3.8) is 0 Å². The van der Waals surface area contributed by atoms with Crippen molar-refractivity contribution in [2.24, 2.45) is 7.05 Å². The van der Waals surface area contributed by atoms with Gasteiger partial charge in [0.2, 0.25) is 11.7 Å². The standard InChI is InChI=1S/C21H28N4O/c1-3-4-12-25-13-8-7-9-16(25)14-20-22-21(23-26-20)18-15-24(2)19-11-6-5-10-17(18)19/h5-6,10-11,15-16H,3-4,7-9,12-14H2,1-2H3. The average Bonchev–Trinajstić information content (AvgIpc) is 3.26. The van der Waals surface area contributed by atoms with Crippen molar-refractivity contribution in [2.45, 2.75) is 51.5 Å². The molecule has 3 aromatic rings. The number of para-hydroxylation sites is 1. The van der Waals surface area contributed by atoms with Crippen LogP contribution in [0.1, 0.15) is 44.9 Å². The number of aryl methyl sites for hydroxylation is 1. The van der Waals surface area contributed by atoms with Crippen LogP contribution in [0.4, 0.5) is 0 Å². The van der Waals surface area contributed by atoms with Crippen molar-refractivity contribution >= 4 is 10.9 Å². The van der Waals surface area contributed by atoms with Gasteiger partial charge in [-0.1, -0.05) is 43.1 Å². The Kier molecular flexibility index (Phi) is 5.07. The van der Waals surface area contributed by atoms with E-state index in [9.17, 15) is 0 Å². The Morgan fingerprint density at radius 2 is 2.12 bits per heavy atom. The van der Waals surface area contributed by atoms with Crippen LogP contribution >= 0.6 is 0 Å². The SMILES string of the molecule is CCCCN1CCCCC1Cc1nc(-c2cn(C)c3ccccc23)no1. The lowest BCUT2D eigenvalue weighted by Crippen LogP contribution is -2.41. The van der Waals surface area contributed by atoms with E-state index in [1.54, 1.807) is 0 Å². The van der Waals surface area contributed by atoms with E-state index in [2.05, 4.69) is 59.1 Å². The lowest BCUT2D eigenvalue weighted by atomic mass is 9.99. The highest BCUT2D eigenvalue weighted by Gasteiger charge is 2.25. The summed E-state index contributed by atoms with van der Waals surface area (Å²) in [4.78, 5) is 7.35. The van der Waals surface area contributed by atoms with E-state index in [-0.39, 0.29) is 0 Å². The maximum absolute atomic E-state index is 5.64. The van der Waals surface area contributed by atoms with Crippen molar-refractivity contribution in [3.05, 3.63) is 36.4 Å². The molecule has 1 saturated heterocycles. The lowest BCUT2D eigenvalue weighted by molar-refractivity contribution is 0.137. The molecular weight excluding hydrogens is 324 g/mol. The number of aromatic nitrogens is 3. The molecule has 1 aromatic carbocycles. The van der Waals surface area contributed by atoms with Crippen LogP contribution in [0, 0.1) is 0 Å². The summed E-state index contributed by atoms with van der Waals surface area (Å²) < 4.78 is 7.76. The number of rotatable bonds is 6. The van der Waals surface area contributed by atoms with Gasteiger partial charge in [0.15, 0.2) is 0 Å². The molecule has 138 valence electrons. The van der Waals surface area contributed by atoms with Crippen LogP contribution in [0.2, 0.25) is 0 Å². The monoisotopic (exact) mass is 352 g/mol. The minimum atomic E-state index is 0.538. The second-order valence-corrected chi connectivity index (χ2v) is 7.43. The van der Waals surface area contributed by atoms with Gasteiger partial charge in [-0.3, -0.25) is 4.90 Å². The predicted octanol–water partition coefficient (Wildman–Crippen LogP) is 4.43. The van der Waals surface area contributed by atoms with Crippen molar-refractivity contribution in [1.82, 2.24) is 19.6 Å². The number of benzene rings is 1. The summed E-state index contributed by atoms with van der Waals surface area (Å²) in [5, 5.41) is 5.46. The van der Waals surface area contributed by atoms with E-state index >= 15 is 0 Å². The topological polar surface area (TPSA) is 47.1 Å². The van der Waals surface area contributed by atoms with Gasteiger partial charge in [-0.15, -0.1) is 0 Å². The summed E-state index contributed by atoms with van der Waals surface area (Å²) in [6, 6.07) is 8.89. The Balaban J connectivity index is 1.54. The second kappa shape index (κ2) is 7.62. The summed E-state index contributed by atoms with van der Waals surface area (Å²) in [5.41, 5.74) is 2.23. The number of hydrogen-bond donors (Lipinski definition) is 0. The quantitative estimate of drug-likeness (QED) is 0.658. The Labute approximate surface area is 155 Å². The zero-order chi connectivity index (χ0) is 17.9. The van der Waals surface area contributed by atoms with E-state index in [0.29, 0.717) is 11.9 Å². The molecule has 5 heteroatoms. The molecule has 3 heterocycles. The molecule has 5 nitrogen and oxygen atoms in total. The molecule has 1 atom stereocenters. The van der Waals surface area contributed by atoms with Crippen LogP contribution in [0.5, 0.6) is 0 Å². The van der Waals surface area contributed by atoms with Crippen LogP contribution in [-0.4, -0.2) is 38.7 Å². The summed E-state index contributed by atoms with van der Waals surface area (Å²) in [6.07, 6.45) is 9.31. The van der Waals surface area contributed by atoms with Crippen LogP contribution in [-0.2, 0) is 13.5 Å². The smallest absolute Gasteiger partial charge is 0.228 e. The first-order valence-corrected chi connectivity index (χ1v) is 9.87. The largest absolute Gasteiger partial charge is 0.350 e. The molecule has 1 aliphatic heterocycles. The number of piperidine rings is 1. The Morgan fingerprint density at radius 1 is 1.23 bits per heavy atom. The molecule has 1 aliphatic rings. The highest BCUT2D eigenvalue weighted by atomic mass is 16.5. The highest BCUT2D eigenvalue weighted by molar-refractivity contribution is 5.94. The van der Waals surface area contributed by atoms with Gasteiger partial charge < -0.3 is 9.09 Å². The fourth-order valence-corrected chi connectivity index (χ4v) is 4.12. The van der Waals surface area contributed by atoms with Gasteiger partial charge in [-0.25, -0.2) is 0 Å². The lowest BCUT2D eigenvalue weighted by Gasteiger charge is -2.35. The molecule has 26 heavy (non-hydrogen) atoms. The third kappa shape index (κ3) is 3.40. The van der Waals surface area contributed by atoms with E-state index in [1.165, 1.54) is 56.1 Å². The number of fused-ring (bicyclic) bond motifs is 1. The molecule has 0 aliphatic carbocycles. The minimum Gasteiger partial charge on any atom is -0.350 e. The molecule has 0 spiro atoms. The van der Waals surface area contributed by atoms with Crippen LogP contribution in [0.15, 0.2) is 35.0 Å². The number of nitrogens with zero attached hydrogens (tertiary/aromatic N) is 4. The Morgan fingerprint density at radius 3 is 3.00 bits per heavy atom. The summed E-state index contributed by atoms with van der Waals surface area (Å²) in [5.74, 6) is 1.47. The van der Waals surface area contributed by atoms with Gasteiger partial charge in [0, 0.05) is 42.2 Å². The average molecular weight is 352 g/mol. The van der Waals surface area contributed by atoms with E-state index in [1.807, 2.05) is 0 Å². The molecule has 2 aromatic heterocycles. The minimum absolute atomic E-state index is 0.538. The molecule has 0 radical (unpaired) electrons. The van der Waals surface area contributed by atoms with Crippen molar-refractivity contribution in [3.8, 4) is 11.4 Å². The molecule has 0 bridgehead atoms. The summed E-state index contributed by atoms with van der Waals surface area (Å²) >= 11 is 0. The first-order chi connectivity index (χ1) is 12.8. The molecule has 0 saturated carbocycles. The van der Waals surface area contributed by atoms with E-state index in [0.717, 1.165) is 17.9 Å². The van der Waals surface area contributed by atoms with Crippen LogP contribution in [0.25, 0.3) is 22.3 Å². The van der Waals surface area contributed by atoms with Crippen LogP contribution < -0.4 is 0 Å². The van der Waals surface area contributed by atoms with E-state index in [4.69, 9.17) is 9.51 Å². The van der Waals surface area contributed by atoms with Crippen molar-refractivity contribution in [1.29, 1.82) is 0 Å². The normalized spacial score (nSPS) is 18.6. The first-order valence-electron chi connectivity index (χ1n) is 9.87. The fraction of sp³-hybridized carbons (Fsp3) is 0.524. The van der Waals surface area contributed by atoms with Gasteiger partial charge in [-0.2, -0.15) is 4.98 Å². The summed E-state index contributed by atoms with van der Waals surface area (Å²) in [6.45, 7) is 4.65. The number of hydrogen-bond acceptors (Lipinski definition) is 4. The fourth-order valence-electron chi connectivity index (χ4n) is 4.12. The highest BCUT2D eigenvalue weighted by Crippen LogP contribution is 2.29. The zero-order valence-electron chi connectivity index (χ0n) is 15.8. The van der Waals surface area contributed by atoms with Crippen LogP contribution in [0.3, 0.4) is 0 Å². The molecular formula is C21H28N4O. The summed E-state index contributed by atoms with van der Waals surface area (Å²) in [7, 11) is 2.06. The number of unbranched alkanes of at least 4 members (excludes halogenated alkanes) is 1. The maximum Gasteiger partial charge on any atom is 0.228 e. The predicted molar refractivity (Wildman–Crippen MR) is 104 cm³/mol. The third-order valence-corrected chi connectivity index (χ3v) is 5.56. The van der Waals surface area contributed by atoms with Gasteiger partial charge in [0.25, 0.3) is 0 Å². The van der Waals surface area contributed by atoms with Gasteiger partial charge in [0.1, 0.15) is 0 Å². The first kappa shape index (κ1) is 17.3. The second-order valence-electron chi connectivity index (χ2n) is 7.43. The third-order valence-electron chi connectivity index (χ3n) is 5.56. The molecule has 1 fully saturated rings. The molecule has 0 N–H and O–H groups in total. The molecule has 4 rings (SSSR count). The van der Waals surface area contributed by atoms with Gasteiger partial charge >= 0.3 is 0 Å². The van der Waals surface area contributed by atoms with Crippen molar-refractivity contribution < 1.29 is 4.52 Å².